The lowest BCUT2D eigenvalue weighted by Gasteiger charge is -2.18. The largest absolute Gasteiger partial charge is 0.341 e. The molecule has 1 saturated heterocycles. The molecule has 19 heavy (non-hydrogen) atoms. The van der Waals surface area contributed by atoms with Gasteiger partial charge in [-0.2, -0.15) is 0 Å². The van der Waals surface area contributed by atoms with Crippen LogP contribution in [0.2, 0.25) is 0 Å². The number of nitrogens with zero attached hydrogens (tertiary/aromatic N) is 1. The number of carbonyl (C=O) groups excluding carboxylic acids is 1. The van der Waals surface area contributed by atoms with Gasteiger partial charge in [-0.3, -0.25) is 4.79 Å². The summed E-state index contributed by atoms with van der Waals surface area (Å²) in [6, 6.07) is 6.70. The molecular weight excluding hydrogens is 243 g/mol. The molecule has 1 aromatic rings. The Balaban J connectivity index is 1.84. The molecule has 1 aliphatic rings. The number of rotatable bonds is 4. The van der Waals surface area contributed by atoms with Crippen LogP contribution in [-0.4, -0.2) is 29.9 Å². The van der Waals surface area contributed by atoms with Crippen LogP contribution in [0.4, 0.5) is 4.39 Å². The van der Waals surface area contributed by atoms with Crippen molar-refractivity contribution in [2.45, 2.75) is 32.2 Å². The average molecular weight is 264 g/mol. The van der Waals surface area contributed by atoms with Gasteiger partial charge in [0.2, 0.25) is 5.91 Å². The van der Waals surface area contributed by atoms with E-state index in [0.29, 0.717) is 13.0 Å². The fourth-order valence-corrected chi connectivity index (χ4v) is 2.58. The predicted molar refractivity (Wildman–Crippen MR) is 73.1 cm³/mol. The van der Waals surface area contributed by atoms with Crippen LogP contribution < -0.4 is 5.73 Å². The summed E-state index contributed by atoms with van der Waals surface area (Å²) in [7, 11) is 0. The van der Waals surface area contributed by atoms with Crippen LogP contribution in [0.25, 0.3) is 0 Å². The molecule has 0 saturated carbocycles. The van der Waals surface area contributed by atoms with Crippen molar-refractivity contribution in [1.29, 1.82) is 0 Å². The van der Waals surface area contributed by atoms with E-state index in [1.54, 1.807) is 6.07 Å². The molecule has 1 aromatic carbocycles. The van der Waals surface area contributed by atoms with Crippen molar-refractivity contribution in [2.24, 2.45) is 11.7 Å². The smallest absolute Gasteiger partial charge is 0.222 e. The second-order valence-corrected chi connectivity index (χ2v) is 5.53. The molecule has 0 aromatic heterocycles. The van der Waals surface area contributed by atoms with Gasteiger partial charge in [0, 0.05) is 25.6 Å². The van der Waals surface area contributed by atoms with Crippen molar-refractivity contribution >= 4 is 5.91 Å². The number of nitrogens with two attached hydrogens (primary N) is 1. The molecule has 2 atom stereocenters. The van der Waals surface area contributed by atoms with Gasteiger partial charge < -0.3 is 10.6 Å². The van der Waals surface area contributed by atoms with Crippen LogP contribution in [0.15, 0.2) is 24.3 Å². The molecule has 1 heterocycles. The minimum atomic E-state index is -0.221. The van der Waals surface area contributed by atoms with E-state index in [-0.39, 0.29) is 23.7 Å². The Morgan fingerprint density at radius 1 is 1.58 bits per heavy atom. The Labute approximate surface area is 113 Å². The third kappa shape index (κ3) is 4.03. The second kappa shape index (κ2) is 6.15. The van der Waals surface area contributed by atoms with Crippen molar-refractivity contribution in [3.63, 3.8) is 0 Å². The molecule has 1 fully saturated rings. The molecule has 1 aliphatic heterocycles. The monoisotopic (exact) mass is 264 g/mol. The van der Waals surface area contributed by atoms with E-state index in [9.17, 15) is 9.18 Å². The Morgan fingerprint density at radius 2 is 2.37 bits per heavy atom. The summed E-state index contributed by atoms with van der Waals surface area (Å²) in [5, 5.41) is 0. The Hall–Kier alpha value is -1.42. The lowest BCUT2D eigenvalue weighted by molar-refractivity contribution is -0.131. The first kappa shape index (κ1) is 14.0. The van der Waals surface area contributed by atoms with Crippen LogP contribution in [-0.2, 0) is 11.2 Å². The molecule has 4 heteroatoms. The molecule has 0 radical (unpaired) electrons. The number of benzene rings is 1. The first-order valence-electron chi connectivity index (χ1n) is 6.82. The maximum absolute atomic E-state index is 13.1. The van der Waals surface area contributed by atoms with E-state index in [4.69, 9.17) is 5.73 Å². The number of carbonyl (C=O) groups is 1. The molecule has 0 bridgehead atoms. The van der Waals surface area contributed by atoms with E-state index in [1.807, 2.05) is 17.9 Å². The highest BCUT2D eigenvalue weighted by Crippen LogP contribution is 2.16. The van der Waals surface area contributed by atoms with Gasteiger partial charge in [-0.05, 0) is 36.5 Å². The van der Waals surface area contributed by atoms with Gasteiger partial charge in [-0.15, -0.1) is 0 Å². The lowest BCUT2D eigenvalue weighted by atomic mass is 9.97. The predicted octanol–water partition coefficient (Wildman–Crippen LogP) is 1.95. The van der Waals surface area contributed by atoms with E-state index in [0.717, 1.165) is 24.9 Å². The van der Waals surface area contributed by atoms with Gasteiger partial charge in [0.05, 0.1) is 0 Å². The van der Waals surface area contributed by atoms with Crippen LogP contribution in [0.1, 0.15) is 25.3 Å². The summed E-state index contributed by atoms with van der Waals surface area (Å²) in [4.78, 5) is 13.9. The summed E-state index contributed by atoms with van der Waals surface area (Å²) in [5.74, 6) is 0.157. The Bertz CT molecular complexity index is 450. The van der Waals surface area contributed by atoms with Gasteiger partial charge in [0.25, 0.3) is 0 Å². The number of hydrogen-bond acceptors (Lipinski definition) is 2. The fourth-order valence-electron chi connectivity index (χ4n) is 2.58. The first-order valence-corrected chi connectivity index (χ1v) is 6.82. The van der Waals surface area contributed by atoms with E-state index >= 15 is 0 Å². The van der Waals surface area contributed by atoms with Crippen molar-refractivity contribution < 1.29 is 9.18 Å². The highest BCUT2D eigenvalue weighted by Gasteiger charge is 2.24. The standard InChI is InChI=1S/C15H21FN2O/c1-11(7-12-3-2-4-13(16)9-12)8-15(19)18-6-5-14(17)10-18/h2-4,9,11,14H,5-8,10,17H2,1H3/t11?,14-/m1/s1. The fraction of sp³-hybridized carbons (Fsp3) is 0.533. The SMILES string of the molecule is CC(CC(=O)N1CC[C@@H](N)C1)Cc1cccc(F)c1. The zero-order valence-electron chi connectivity index (χ0n) is 11.3. The number of likely N-dealkylation sites (tertiary alicyclic amines) is 1. The van der Waals surface area contributed by atoms with Gasteiger partial charge in [0.15, 0.2) is 0 Å². The average Bonchev–Trinajstić information content (AvgIpc) is 2.75. The second-order valence-electron chi connectivity index (χ2n) is 5.53. The van der Waals surface area contributed by atoms with Crippen molar-refractivity contribution in [1.82, 2.24) is 4.90 Å². The first-order chi connectivity index (χ1) is 9.04. The zero-order chi connectivity index (χ0) is 13.8. The molecule has 1 amide bonds. The molecule has 0 aliphatic carbocycles. The highest BCUT2D eigenvalue weighted by molar-refractivity contribution is 5.76. The molecule has 2 N–H and O–H groups in total. The Kier molecular flexibility index (Phi) is 4.53. The zero-order valence-corrected chi connectivity index (χ0v) is 11.3. The number of hydrogen-bond donors (Lipinski definition) is 1. The third-order valence-electron chi connectivity index (χ3n) is 3.57. The summed E-state index contributed by atoms with van der Waals surface area (Å²) < 4.78 is 13.1. The van der Waals surface area contributed by atoms with Crippen molar-refractivity contribution in [3.05, 3.63) is 35.6 Å². The van der Waals surface area contributed by atoms with Crippen LogP contribution in [0.5, 0.6) is 0 Å². The number of halogens is 1. The van der Waals surface area contributed by atoms with Gasteiger partial charge in [-0.1, -0.05) is 19.1 Å². The van der Waals surface area contributed by atoms with Gasteiger partial charge in [0.1, 0.15) is 5.82 Å². The molecule has 3 nitrogen and oxygen atoms in total. The molecular formula is C15H21FN2O. The van der Waals surface area contributed by atoms with Crippen LogP contribution in [0.3, 0.4) is 0 Å². The summed E-state index contributed by atoms with van der Waals surface area (Å²) in [6.07, 6.45) is 2.12. The molecule has 104 valence electrons. The third-order valence-corrected chi connectivity index (χ3v) is 3.57. The minimum absolute atomic E-state index is 0.127. The molecule has 1 unspecified atom stereocenters. The maximum Gasteiger partial charge on any atom is 0.222 e. The molecule has 2 rings (SSSR count). The van der Waals surface area contributed by atoms with Crippen molar-refractivity contribution in [3.8, 4) is 0 Å². The van der Waals surface area contributed by atoms with Crippen LogP contribution >= 0.6 is 0 Å². The quantitative estimate of drug-likeness (QED) is 0.903. The highest BCUT2D eigenvalue weighted by atomic mass is 19.1. The minimum Gasteiger partial charge on any atom is -0.341 e. The maximum atomic E-state index is 13.1. The summed E-state index contributed by atoms with van der Waals surface area (Å²) in [6.45, 7) is 3.47. The normalized spacial score (nSPS) is 20.6. The summed E-state index contributed by atoms with van der Waals surface area (Å²) >= 11 is 0. The van der Waals surface area contributed by atoms with E-state index < -0.39 is 0 Å². The lowest BCUT2D eigenvalue weighted by Crippen LogP contribution is -2.32. The topological polar surface area (TPSA) is 46.3 Å². The van der Waals surface area contributed by atoms with Gasteiger partial charge in [-0.25, -0.2) is 4.39 Å². The van der Waals surface area contributed by atoms with E-state index in [1.165, 1.54) is 12.1 Å². The van der Waals surface area contributed by atoms with Crippen molar-refractivity contribution in [2.75, 3.05) is 13.1 Å². The molecule has 0 spiro atoms. The van der Waals surface area contributed by atoms with E-state index in [2.05, 4.69) is 0 Å². The number of amides is 1. The van der Waals surface area contributed by atoms with Gasteiger partial charge >= 0.3 is 0 Å². The Morgan fingerprint density at radius 3 is 3.00 bits per heavy atom. The summed E-state index contributed by atoms with van der Waals surface area (Å²) in [5.41, 5.74) is 6.74. The van der Waals surface area contributed by atoms with Crippen LogP contribution in [0, 0.1) is 11.7 Å².